The molecule has 1 aliphatic rings. The Morgan fingerprint density at radius 1 is 1.19 bits per heavy atom. The Bertz CT molecular complexity index is 770. The summed E-state index contributed by atoms with van der Waals surface area (Å²) in [5.74, 6) is 1.05. The molecule has 1 aliphatic heterocycles. The summed E-state index contributed by atoms with van der Waals surface area (Å²) in [6.07, 6.45) is 2.62. The minimum absolute atomic E-state index is 0.318. The molecule has 1 fully saturated rings. The number of pyridine rings is 1. The Hall–Kier alpha value is -2.67. The van der Waals surface area contributed by atoms with Crippen LogP contribution in [0.15, 0.2) is 47.6 Å². The number of guanidine groups is 1. The van der Waals surface area contributed by atoms with Crippen LogP contribution in [0.4, 0.5) is 15.9 Å². The van der Waals surface area contributed by atoms with E-state index < -0.39 is 0 Å². The van der Waals surface area contributed by atoms with E-state index in [1.165, 1.54) is 11.6 Å². The summed E-state index contributed by atoms with van der Waals surface area (Å²) in [5.41, 5.74) is 4.25. The number of anilines is 1. The lowest BCUT2D eigenvalue weighted by Crippen LogP contribution is -2.52. The molecule has 6 nitrogen and oxygen atoms in total. The first kappa shape index (κ1) is 19.1. The van der Waals surface area contributed by atoms with Crippen LogP contribution >= 0.6 is 0 Å². The first-order chi connectivity index (χ1) is 13.1. The molecule has 0 saturated carbocycles. The number of aromatic nitrogens is 1. The third kappa shape index (κ3) is 4.95. The number of hydroxylamine groups is 1. The molecule has 3 rings (SSSR count). The number of hydrogen-bond acceptors (Lipinski definition) is 4. The number of halogens is 1. The van der Waals surface area contributed by atoms with E-state index in [0.29, 0.717) is 43.9 Å². The lowest BCUT2D eigenvalue weighted by atomic mass is 10.0. The van der Waals surface area contributed by atoms with Crippen LogP contribution < -0.4 is 10.4 Å². The van der Waals surface area contributed by atoms with E-state index in [-0.39, 0.29) is 5.82 Å². The quantitative estimate of drug-likeness (QED) is 0.491. The van der Waals surface area contributed by atoms with Gasteiger partial charge in [0.1, 0.15) is 0 Å². The lowest BCUT2D eigenvalue weighted by Gasteiger charge is -2.36. The summed E-state index contributed by atoms with van der Waals surface area (Å²) in [6.45, 7) is 6.79. The Balaban J connectivity index is 1.65. The van der Waals surface area contributed by atoms with Crippen molar-refractivity contribution in [1.29, 1.82) is 0 Å². The summed E-state index contributed by atoms with van der Waals surface area (Å²) in [6, 6.07) is 11.0. The van der Waals surface area contributed by atoms with Crippen molar-refractivity contribution in [1.82, 2.24) is 15.4 Å². The number of benzene rings is 1. The molecule has 144 valence electrons. The van der Waals surface area contributed by atoms with Gasteiger partial charge in [0, 0.05) is 32.4 Å². The van der Waals surface area contributed by atoms with Crippen molar-refractivity contribution in [2.75, 3.05) is 31.1 Å². The largest absolute Gasteiger partial charge is 0.351 e. The molecule has 0 aliphatic carbocycles. The number of rotatable bonds is 4. The predicted molar refractivity (Wildman–Crippen MR) is 105 cm³/mol. The van der Waals surface area contributed by atoms with E-state index in [9.17, 15) is 9.60 Å². The molecule has 1 saturated heterocycles. The van der Waals surface area contributed by atoms with E-state index in [4.69, 9.17) is 0 Å². The highest BCUT2D eigenvalue weighted by Crippen LogP contribution is 2.19. The zero-order chi connectivity index (χ0) is 19.2. The molecule has 0 amide bonds. The second-order valence-electron chi connectivity index (χ2n) is 7.09. The maximum atomic E-state index is 13.9. The first-order valence-corrected chi connectivity index (χ1v) is 9.25. The molecular weight excluding hydrogens is 345 g/mol. The van der Waals surface area contributed by atoms with Crippen LogP contribution in [0.5, 0.6) is 0 Å². The lowest BCUT2D eigenvalue weighted by molar-refractivity contribution is 0.207. The van der Waals surface area contributed by atoms with Gasteiger partial charge in [-0.2, -0.15) is 0 Å². The summed E-state index contributed by atoms with van der Waals surface area (Å²) < 4.78 is 13.9. The first-order valence-electron chi connectivity index (χ1n) is 9.25. The molecule has 0 atom stereocenters. The fourth-order valence-corrected chi connectivity index (χ4v) is 3.21. The number of aliphatic imine (C=N–C) groups is 1. The summed E-state index contributed by atoms with van der Waals surface area (Å²) in [7, 11) is 0. The van der Waals surface area contributed by atoms with Crippen molar-refractivity contribution in [3.05, 3.63) is 54.0 Å². The Labute approximate surface area is 159 Å². The smallest absolute Gasteiger partial charge is 0.223 e. The van der Waals surface area contributed by atoms with Crippen LogP contribution in [0.25, 0.3) is 0 Å². The molecule has 0 spiro atoms. The maximum absolute atomic E-state index is 13.9. The fourth-order valence-electron chi connectivity index (χ4n) is 3.21. The highest BCUT2D eigenvalue weighted by molar-refractivity contribution is 5.82. The van der Waals surface area contributed by atoms with Crippen molar-refractivity contribution in [3.63, 3.8) is 0 Å². The minimum atomic E-state index is -0.318. The second kappa shape index (κ2) is 8.81. The van der Waals surface area contributed by atoms with Crippen LogP contribution in [0.1, 0.15) is 19.4 Å². The van der Waals surface area contributed by atoms with Crippen molar-refractivity contribution < 1.29 is 9.60 Å². The standard InChI is InChI=1S/C20H26FN5O/c1-15(2)14-16-5-7-17(8-6-16)23-20(24-27)26-12-10-25(11-13-26)19-18(21)4-3-9-22-19/h3-9,15,27H,10-14H2,1-2H3,(H,23,24). The van der Waals surface area contributed by atoms with Crippen molar-refractivity contribution in [3.8, 4) is 0 Å². The van der Waals surface area contributed by atoms with Gasteiger partial charge in [-0.05, 0) is 42.2 Å². The Morgan fingerprint density at radius 2 is 1.89 bits per heavy atom. The van der Waals surface area contributed by atoms with Gasteiger partial charge in [0.2, 0.25) is 5.96 Å². The van der Waals surface area contributed by atoms with Gasteiger partial charge in [-0.15, -0.1) is 0 Å². The highest BCUT2D eigenvalue weighted by Gasteiger charge is 2.22. The van der Waals surface area contributed by atoms with Crippen LogP contribution in [0.3, 0.4) is 0 Å². The van der Waals surface area contributed by atoms with Crippen LogP contribution in [0.2, 0.25) is 0 Å². The number of hydrogen-bond donors (Lipinski definition) is 2. The fraction of sp³-hybridized carbons (Fsp3) is 0.400. The molecule has 2 heterocycles. The average Bonchev–Trinajstić information content (AvgIpc) is 2.68. The van der Waals surface area contributed by atoms with Crippen LogP contribution in [0, 0.1) is 11.7 Å². The molecule has 0 radical (unpaired) electrons. The zero-order valence-electron chi connectivity index (χ0n) is 15.8. The predicted octanol–water partition coefficient (Wildman–Crippen LogP) is 3.21. The Kier molecular flexibility index (Phi) is 6.24. The molecule has 0 unspecified atom stereocenters. The SMILES string of the molecule is CC(C)Cc1ccc(N=C(NO)N2CCN(c3ncccc3F)CC2)cc1. The van der Waals surface area contributed by atoms with Gasteiger partial charge in [0.15, 0.2) is 11.6 Å². The Morgan fingerprint density at radius 3 is 2.48 bits per heavy atom. The molecule has 7 heteroatoms. The van der Waals surface area contributed by atoms with E-state index in [1.807, 2.05) is 21.9 Å². The molecule has 27 heavy (non-hydrogen) atoms. The van der Waals surface area contributed by atoms with Gasteiger partial charge in [-0.3, -0.25) is 5.21 Å². The topological polar surface area (TPSA) is 64.0 Å². The normalized spacial score (nSPS) is 15.4. The van der Waals surface area contributed by atoms with E-state index >= 15 is 0 Å². The van der Waals surface area contributed by atoms with Gasteiger partial charge in [-0.1, -0.05) is 26.0 Å². The van der Waals surface area contributed by atoms with E-state index in [2.05, 4.69) is 41.4 Å². The molecule has 0 bridgehead atoms. The van der Waals surface area contributed by atoms with Crippen LogP contribution in [-0.2, 0) is 6.42 Å². The minimum Gasteiger partial charge on any atom is -0.351 e. The molecule has 1 aromatic heterocycles. The number of nitrogens with one attached hydrogen (secondary N) is 1. The monoisotopic (exact) mass is 371 g/mol. The molecule has 1 aromatic carbocycles. The van der Waals surface area contributed by atoms with Gasteiger partial charge in [0.25, 0.3) is 0 Å². The third-order valence-corrected chi connectivity index (χ3v) is 4.53. The molecular formula is C20H26FN5O. The second-order valence-corrected chi connectivity index (χ2v) is 7.09. The number of nitrogens with zero attached hydrogens (tertiary/aromatic N) is 4. The van der Waals surface area contributed by atoms with Crippen LogP contribution in [-0.4, -0.2) is 47.2 Å². The molecule has 2 N–H and O–H groups in total. The van der Waals surface area contributed by atoms with Crippen molar-refractivity contribution in [2.45, 2.75) is 20.3 Å². The summed E-state index contributed by atoms with van der Waals surface area (Å²) in [4.78, 5) is 12.5. The van der Waals surface area contributed by atoms with Gasteiger partial charge in [-0.25, -0.2) is 19.8 Å². The van der Waals surface area contributed by atoms with Gasteiger partial charge < -0.3 is 9.80 Å². The summed E-state index contributed by atoms with van der Waals surface area (Å²) in [5, 5.41) is 9.53. The maximum Gasteiger partial charge on any atom is 0.223 e. The molecule has 2 aromatic rings. The zero-order valence-corrected chi connectivity index (χ0v) is 15.8. The number of piperazine rings is 1. The van der Waals surface area contributed by atoms with Crippen molar-refractivity contribution in [2.24, 2.45) is 10.9 Å². The third-order valence-electron chi connectivity index (χ3n) is 4.53. The highest BCUT2D eigenvalue weighted by atomic mass is 19.1. The van der Waals surface area contributed by atoms with Gasteiger partial charge >= 0.3 is 0 Å². The van der Waals surface area contributed by atoms with Crippen molar-refractivity contribution >= 4 is 17.5 Å². The van der Waals surface area contributed by atoms with E-state index in [1.54, 1.807) is 12.3 Å². The summed E-state index contributed by atoms with van der Waals surface area (Å²) >= 11 is 0. The van der Waals surface area contributed by atoms with E-state index in [0.717, 1.165) is 12.1 Å². The van der Waals surface area contributed by atoms with Gasteiger partial charge in [0.05, 0.1) is 5.69 Å². The average molecular weight is 371 g/mol.